The number of nitrogens with zero attached hydrogens (tertiary/aromatic N) is 4. The van der Waals surface area contributed by atoms with Gasteiger partial charge in [-0.25, -0.2) is 18.4 Å². The number of hydrogen-bond donors (Lipinski definition) is 0. The van der Waals surface area contributed by atoms with Crippen LogP contribution < -0.4 is 9.64 Å². The van der Waals surface area contributed by atoms with Gasteiger partial charge in [-0.15, -0.1) is 0 Å². The first-order valence-electron chi connectivity index (χ1n) is 9.42. The van der Waals surface area contributed by atoms with Crippen LogP contribution >= 0.6 is 0 Å². The van der Waals surface area contributed by atoms with E-state index >= 15 is 0 Å². The fourth-order valence-corrected chi connectivity index (χ4v) is 5.12. The van der Waals surface area contributed by atoms with Gasteiger partial charge in [0.15, 0.2) is 0 Å². The summed E-state index contributed by atoms with van der Waals surface area (Å²) in [6, 6.07) is 10.4. The monoisotopic (exact) mass is 388 g/mol. The fourth-order valence-electron chi connectivity index (χ4n) is 3.61. The second kappa shape index (κ2) is 7.82. The molecule has 1 aromatic heterocycles. The quantitative estimate of drug-likeness (QED) is 0.782. The Morgan fingerprint density at radius 2 is 1.78 bits per heavy atom. The zero-order valence-electron chi connectivity index (χ0n) is 15.2. The van der Waals surface area contributed by atoms with Gasteiger partial charge < -0.3 is 9.64 Å². The van der Waals surface area contributed by atoms with Crippen LogP contribution in [0.15, 0.2) is 47.6 Å². The predicted molar refractivity (Wildman–Crippen MR) is 102 cm³/mol. The van der Waals surface area contributed by atoms with Crippen molar-refractivity contribution in [3.05, 3.63) is 42.7 Å². The molecule has 0 saturated carbocycles. The number of aromatic nitrogens is 2. The molecule has 2 aliphatic rings. The van der Waals surface area contributed by atoms with Gasteiger partial charge in [0.25, 0.3) is 0 Å². The van der Waals surface area contributed by atoms with Crippen molar-refractivity contribution in [1.29, 1.82) is 0 Å². The lowest BCUT2D eigenvalue weighted by molar-refractivity contribution is 0.206. The van der Waals surface area contributed by atoms with Crippen molar-refractivity contribution in [2.45, 2.75) is 36.7 Å². The van der Waals surface area contributed by atoms with Gasteiger partial charge in [0, 0.05) is 25.7 Å². The summed E-state index contributed by atoms with van der Waals surface area (Å²) in [5.41, 5.74) is 0. The molecule has 2 aliphatic heterocycles. The molecule has 0 radical (unpaired) electrons. The Bertz CT molecular complexity index is 870. The molecular formula is C19H24N4O3S. The highest BCUT2D eigenvalue weighted by atomic mass is 32.2. The van der Waals surface area contributed by atoms with Crippen LogP contribution in [-0.4, -0.2) is 55.0 Å². The van der Waals surface area contributed by atoms with Gasteiger partial charge in [0.2, 0.25) is 15.9 Å². The normalized spacial score (nSPS) is 21.3. The van der Waals surface area contributed by atoms with E-state index in [9.17, 15) is 8.42 Å². The van der Waals surface area contributed by atoms with E-state index in [0.29, 0.717) is 30.3 Å². The third-order valence-electron chi connectivity index (χ3n) is 5.08. The third kappa shape index (κ3) is 4.06. The maximum Gasteiger partial charge on any atom is 0.243 e. The zero-order chi connectivity index (χ0) is 18.7. The number of piperidine rings is 1. The molecule has 2 aromatic rings. The van der Waals surface area contributed by atoms with Gasteiger partial charge >= 0.3 is 0 Å². The van der Waals surface area contributed by atoms with Gasteiger partial charge in [-0.3, -0.25) is 0 Å². The molecule has 0 amide bonds. The molecule has 27 heavy (non-hydrogen) atoms. The lowest BCUT2D eigenvalue weighted by Gasteiger charge is -2.27. The van der Waals surface area contributed by atoms with E-state index in [1.807, 2.05) is 12.1 Å². The van der Waals surface area contributed by atoms with Crippen molar-refractivity contribution in [2.24, 2.45) is 0 Å². The van der Waals surface area contributed by atoms with Gasteiger partial charge in [0.1, 0.15) is 18.2 Å². The number of rotatable bonds is 5. The van der Waals surface area contributed by atoms with Crippen molar-refractivity contribution in [3.63, 3.8) is 0 Å². The number of anilines is 1. The minimum Gasteiger partial charge on any atom is -0.473 e. The molecule has 1 atom stereocenters. The molecule has 4 rings (SSSR count). The van der Waals surface area contributed by atoms with Gasteiger partial charge in [-0.1, -0.05) is 18.2 Å². The highest BCUT2D eigenvalue weighted by Gasteiger charge is 2.33. The molecule has 1 unspecified atom stereocenters. The van der Waals surface area contributed by atoms with Crippen LogP contribution in [0.5, 0.6) is 5.88 Å². The van der Waals surface area contributed by atoms with Crippen molar-refractivity contribution in [1.82, 2.24) is 14.3 Å². The number of ether oxygens (including phenoxy) is 1. The Labute approximate surface area is 160 Å². The molecule has 0 aliphatic carbocycles. The van der Waals surface area contributed by atoms with Gasteiger partial charge in [-0.05, 0) is 37.8 Å². The average Bonchev–Trinajstić information content (AvgIpc) is 3.19. The molecule has 7 nitrogen and oxygen atoms in total. The lowest BCUT2D eigenvalue weighted by Crippen LogP contribution is -2.31. The van der Waals surface area contributed by atoms with Gasteiger partial charge in [-0.2, -0.15) is 4.31 Å². The molecular weight excluding hydrogens is 364 g/mol. The van der Waals surface area contributed by atoms with E-state index in [-0.39, 0.29) is 6.10 Å². The molecule has 144 valence electrons. The van der Waals surface area contributed by atoms with E-state index in [0.717, 1.165) is 18.9 Å². The largest absolute Gasteiger partial charge is 0.473 e. The summed E-state index contributed by atoms with van der Waals surface area (Å²) in [4.78, 5) is 11.1. The van der Waals surface area contributed by atoms with Crippen LogP contribution in [0.2, 0.25) is 0 Å². The Morgan fingerprint density at radius 3 is 2.56 bits per heavy atom. The van der Waals surface area contributed by atoms with Crippen molar-refractivity contribution in [3.8, 4) is 5.88 Å². The van der Waals surface area contributed by atoms with E-state index in [1.54, 1.807) is 24.3 Å². The summed E-state index contributed by atoms with van der Waals surface area (Å²) in [6.07, 6.45) is 5.58. The molecule has 0 N–H and O–H groups in total. The predicted octanol–water partition coefficient (Wildman–Crippen LogP) is 2.31. The summed E-state index contributed by atoms with van der Waals surface area (Å²) < 4.78 is 32.9. The van der Waals surface area contributed by atoms with Crippen LogP contribution in [0.25, 0.3) is 0 Å². The average molecular weight is 388 g/mol. The molecule has 0 spiro atoms. The van der Waals surface area contributed by atoms with Crippen molar-refractivity contribution >= 4 is 15.8 Å². The minimum absolute atomic E-state index is 0.201. The molecule has 3 heterocycles. The second-order valence-electron chi connectivity index (χ2n) is 6.97. The number of benzene rings is 1. The lowest BCUT2D eigenvalue weighted by atomic mass is 10.1. The Kier molecular flexibility index (Phi) is 5.27. The summed E-state index contributed by atoms with van der Waals surface area (Å²) in [7, 11) is -3.48. The highest BCUT2D eigenvalue weighted by Crippen LogP contribution is 2.25. The molecule has 1 aromatic carbocycles. The highest BCUT2D eigenvalue weighted by molar-refractivity contribution is 7.89. The summed E-state index contributed by atoms with van der Waals surface area (Å²) in [6.45, 7) is 2.79. The molecule has 2 saturated heterocycles. The van der Waals surface area contributed by atoms with E-state index in [1.165, 1.54) is 29.9 Å². The standard InChI is InChI=1S/C19H24N4O3S/c24-27(25,17-7-3-1-4-8-17)23-12-9-16(14-23)26-19-13-18(20-15-21-19)22-10-5-2-6-11-22/h1,3-4,7-8,13,15-16H,2,5-6,9-12,14H2. The first kappa shape index (κ1) is 18.2. The topological polar surface area (TPSA) is 75.6 Å². The Morgan fingerprint density at radius 1 is 1.00 bits per heavy atom. The van der Waals surface area contributed by atoms with E-state index in [4.69, 9.17) is 4.74 Å². The maximum absolute atomic E-state index is 12.7. The number of sulfonamides is 1. The molecule has 0 bridgehead atoms. The SMILES string of the molecule is O=S(=O)(c1ccccc1)N1CCC(Oc2cc(N3CCCCC3)ncn2)C1. The van der Waals surface area contributed by atoms with Crippen LogP contribution in [-0.2, 0) is 10.0 Å². The number of hydrogen-bond acceptors (Lipinski definition) is 6. The van der Waals surface area contributed by atoms with Crippen LogP contribution in [0.4, 0.5) is 5.82 Å². The van der Waals surface area contributed by atoms with Gasteiger partial charge in [0.05, 0.1) is 11.4 Å². The first-order chi connectivity index (χ1) is 13.1. The van der Waals surface area contributed by atoms with Crippen LogP contribution in [0, 0.1) is 0 Å². The smallest absolute Gasteiger partial charge is 0.243 e. The van der Waals surface area contributed by atoms with Crippen molar-refractivity contribution in [2.75, 3.05) is 31.1 Å². The van der Waals surface area contributed by atoms with Crippen LogP contribution in [0.3, 0.4) is 0 Å². The summed E-state index contributed by atoms with van der Waals surface area (Å²) >= 11 is 0. The summed E-state index contributed by atoms with van der Waals surface area (Å²) in [5.74, 6) is 1.39. The molecule has 8 heteroatoms. The maximum atomic E-state index is 12.7. The summed E-state index contributed by atoms with van der Waals surface area (Å²) in [5, 5.41) is 0. The zero-order valence-corrected chi connectivity index (χ0v) is 16.0. The second-order valence-corrected chi connectivity index (χ2v) is 8.90. The minimum atomic E-state index is -3.48. The van der Waals surface area contributed by atoms with E-state index in [2.05, 4.69) is 14.9 Å². The fraction of sp³-hybridized carbons (Fsp3) is 0.474. The Hall–Kier alpha value is -2.19. The van der Waals surface area contributed by atoms with Crippen LogP contribution in [0.1, 0.15) is 25.7 Å². The first-order valence-corrected chi connectivity index (χ1v) is 10.9. The van der Waals surface area contributed by atoms with E-state index < -0.39 is 10.0 Å². The molecule has 2 fully saturated rings. The van der Waals surface area contributed by atoms with Crippen molar-refractivity contribution < 1.29 is 13.2 Å². The Balaban J connectivity index is 1.41. The third-order valence-corrected chi connectivity index (χ3v) is 6.96.